The van der Waals surface area contributed by atoms with Gasteiger partial charge in [-0.25, -0.2) is 4.39 Å². The van der Waals surface area contributed by atoms with Crippen LogP contribution in [0, 0.1) is 5.82 Å². The topological polar surface area (TPSA) is 46.2 Å². The number of phenolic OH excluding ortho intramolecular Hbond substituents is 1. The molecule has 0 fully saturated rings. The summed E-state index contributed by atoms with van der Waals surface area (Å²) < 4.78 is 13.1. The van der Waals surface area contributed by atoms with E-state index in [-0.39, 0.29) is 11.6 Å². The molecule has 0 saturated carbocycles. The molecule has 0 aliphatic rings. The van der Waals surface area contributed by atoms with Gasteiger partial charge in [-0.05, 0) is 49.6 Å². The summed E-state index contributed by atoms with van der Waals surface area (Å²) in [5.41, 5.74) is 5.88. The maximum Gasteiger partial charge on any atom is 0.126 e. The molecule has 0 heterocycles. The largest absolute Gasteiger partial charge is 0.508 e. The molecule has 13 heavy (non-hydrogen) atoms. The first-order valence-electron chi connectivity index (χ1n) is 4.41. The smallest absolute Gasteiger partial charge is 0.126 e. The number of halogens is 1. The van der Waals surface area contributed by atoms with Crippen molar-refractivity contribution in [2.24, 2.45) is 5.73 Å². The molecule has 2 nitrogen and oxygen atoms in total. The molecule has 0 aromatic heterocycles. The molecule has 1 aromatic carbocycles. The first-order valence-corrected chi connectivity index (χ1v) is 4.41. The number of nitrogens with two attached hydrogens (primary N) is 1. The number of unbranched alkanes of at least 4 members (excludes halogenated alkanes) is 1. The number of rotatable bonds is 4. The zero-order valence-electron chi connectivity index (χ0n) is 7.46. The fraction of sp³-hybridized carbons (Fsp3) is 0.400. The third-order valence-electron chi connectivity index (χ3n) is 1.93. The van der Waals surface area contributed by atoms with Crippen molar-refractivity contribution in [2.75, 3.05) is 6.54 Å². The molecular weight excluding hydrogens is 169 g/mol. The zero-order valence-corrected chi connectivity index (χ0v) is 7.46. The SMILES string of the molecule is NCCCCc1cc(O)ccc1F. The lowest BCUT2D eigenvalue weighted by Crippen LogP contribution is -1.99. The summed E-state index contributed by atoms with van der Waals surface area (Å²) in [6, 6.07) is 4.10. The van der Waals surface area contributed by atoms with Crippen LogP contribution in [0.5, 0.6) is 5.75 Å². The predicted octanol–water partition coefficient (Wildman–Crippen LogP) is 1.81. The second-order valence-corrected chi connectivity index (χ2v) is 3.02. The van der Waals surface area contributed by atoms with Crippen molar-refractivity contribution in [1.82, 2.24) is 0 Å². The van der Waals surface area contributed by atoms with E-state index in [0.717, 1.165) is 12.8 Å². The third-order valence-corrected chi connectivity index (χ3v) is 1.93. The summed E-state index contributed by atoms with van der Waals surface area (Å²) in [6.07, 6.45) is 2.38. The monoisotopic (exact) mass is 183 g/mol. The van der Waals surface area contributed by atoms with Crippen molar-refractivity contribution in [3.63, 3.8) is 0 Å². The molecule has 1 aromatic rings. The predicted molar refractivity (Wildman–Crippen MR) is 50.1 cm³/mol. The molecule has 0 bridgehead atoms. The Labute approximate surface area is 77.2 Å². The van der Waals surface area contributed by atoms with E-state index in [1.54, 1.807) is 0 Å². The van der Waals surface area contributed by atoms with E-state index < -0.39 is 0 Å². The highest BCUT2D eigenvalue weighted by molar-refractivity contribution is 5.28. The van der Waals surface area contributed by atoms with E-state index in [9.17, 15) is 4.39 Å². The molecule has 72 valence electrons. The first-order chi connectivity index (χ1) is 6.24. The molecule has 0 amide bonds. The van der Waals surface area contributed by atoms with Crippen molar-refractivity contribution in [3.05, 3.63) is 29.6 Å². The van der Waals surface area contributed by atoms with Crippen LogP contribution in [0.15, 0.2) is 18.2 Å². The Bertz CT molecular complexity index is 276. The first kappa shape index (κ1) is 9.99. The van der Waals surface area contributed by atoms with Gasteiger partial charge in [-0.3, -0.25) is 0 Å². The maximum absolute atomic E-state index is 13.1. The number of hydrogen-bond donors (Lipinski definition) is 2. The molecule has 0 aliphatic carbocycles. The van der Waals surface area contributed by atoms with E-state index in [1.807, 2.05) is 0 Å². The summed E-state index contributed by atoms with van der Waals surface area (Å²) in [7, 11) is 0. The molecular formula is C10H14FNO. The summed E-state index contributed by atoms with van der Waals surface area (Å²) in [5, 5.41) is 9.10. The highest BCUT2D eigenvalue weighted by Crippen LogP contribution is 2.16. The van der Waals surface area contributed by atoms with Crippen LogP contribution in [0.3, 0.4) is 0 Å². The molecule has 3 N–H and O–H groups in total. The highest BCUT2D eigenvalue weighted by Gasteiger charge is 2.02. The lowest BCUT2D eigenvalue weighted by molar-refractivity contribution is 0.471. The third kappa shape index (κ3) is 3.03. The van der Waals surface area contributed by atoms with Gasteiger partial charge in [0, 0.05) is 0 Å². The van der Waals surface area contributed by atoms with Crippen LogP contribution < -0.4 is 5.73 Å². The summed E-state index contributed by atoms with van der Waals surface area (Å²) in [4.78, 5) is 0. The quantitative estimate of drug-likeness (QED) is 0.699. The summed E-state index contributed by atoms with van der Waals surface area (Å²) >= 11 is 0. The van der Waals surface area contributed by atoms with Crippen LogP contribution in [-0.4, -0.2) is 11.7 Å². The summed E-state index contributed by atoms with van der Waals surface area (Å²) in [5.74, 6) is -0.140. The highest BCUT2D eigenvalue weighted by atomic mass is 19.1. The minimum absolute atomic E-state index is 0.115. The number of hydrogen-bond acceptors (Lipinski definition) is 2. The van der Waals surface area contributed by atoms with Gasteiger partial charge in [-0.15, -0.1) is 0 Å². The Morgan fingerprint density at radius 1 is 1.31 bits per heavy atom. The van der Waals surface area contributed by atoms with Gasteiger partial charge in [0.05, 0.1) is 0 Å². The van der Waals surface area contributed by atoms with Crippen LogP contribution in [0.1, 0.15) is 18.4 Å². The Morgan fingerprint density at radius 2 is 2.08 bits per heavy atom. The molecule has 0 atom stereocenters. The molecule has 0 radical (unpaired) electrons. The maximum atomic E-state index is 13.1. The number of aromatic hydroxyl groups is 1. The molecule has 0 unspecified atom stereocenters. The van der Waals surface area contributed by atoms with E-state index >= 15 is 0 Å². The molecule has 0 saturated heterocycles. The van der Waals surface area contributed by atoms with E-state index in [4.69, 9.17) is 10.8 Å². The van der Waals surface area contributed by atoms with Crippen LogP contribution in [0.4, 0.5) is 4.39 Å². The lowest BCUT2D eigenvalue weighted by atomic mass is 10.1. The minimum Gasteiger partial charge on any atom is -0.508 e. The second-order valence-electron chi connectivity index (χ2n) is 3.02. The van der Waals surface area contributed by atoms with Gasteiger partial charge >= 0.3 is 0 Å². The van der Waals surface area contributed by atoms with Crippen molar-refractivity contribution < 1.29 is 9.50 Å². The van der Waals surface area contributed by atoms with Crippen molar-refractivity contribution >= 4 is 0 Å². The van der Waals surface area contributed by atoms with E-state index in [0.29, 0.717) is 18.5 Å². The number of benzene rings is 1. The fourth-order valence-electron chi connectivity index (χ4n) is 1.21. The molecule has 1 rings (SSSR count). The Kier molecular flexibility index (Phi) is 3.71. The Balaban J connectivity index is 2.59. The number of aryl methyl sites for hydroxylation is 1. The van der Waals surface area contributed by atoms with Crippen molar-refractivity contribution in [1.29, 1.82) is 0 Å². The van der Waals surface area contributed by atoms with Crippen molar-refractivity contribution in [3.8, 4) is 5.75 Å². The van der Waals surface area contributed by atoms with Crippen LogP contribution in [-0.2, 0) is 6.42 Å². The van der Waals surface area contributed by atoms with E-state index in [1.165, 1.54) is 18.2 Å². The number of phenols is 1. The van der Waals surface area contributed by atoms with Crippen LogP contribution in [0.25, 0.3) is 0 Å². The van der Waals surface area contributed by atoms with Gasteiger partial charge in [-0.2, -0.15) is 0 Å². The Hall–Kier alpha value is -1.09. The average molecular weight is 183 g/mol. The van der Waals surface area contributed by atoms with Gasteiger partial charge in [0.15, 0.2) is 0 Å². The van der Waals surface area contributed by atoms with Gasteiger partial charge in [0.1, 0.15) is 11.6 Å². The second kappa shape index (κ2) is 4.82. The standard InChI is InChI=1S/C10H14FNO/c11-10-5-4-9(13)7-8(10)3-1-2-6-12/h4-5,7,13H,1-3,6,12H2. The van der Waals surface area contributed by atoms with Gasteiger partial charge in [0.2, 0.25) is 0 Å². The van der Waals surface area contributed by atoms with E-state index in [2.05, 4.69) is 0 Å². The minimum atomic E-state index is -0.255. The fourth-order valence-corrected chi connectivity index (χ4v) is 1.21. The Morgan fingerprint density at radius 3 is 2.77 bits per heavy atom. The molecule has 0 aliphatic heterocycles. The average Bonchev–Trinajstić information content (AvgIpc) is 2.11. The zero-order chi connectivity index (χ0) is 9.68. The summed E-state index contributed by atoms with van der Waals surface area (Å²) in [6.45, 7) is 0.625. The lowest BCUT2D eigenvalue weighted by Gasteiger charge is -2.02. The van der Waals surface area contributed by atoms with Gasteiger partial charge in [-0.1, -0.05) is 0 Å². The van der Waals surface area contributed by atoms with Crippen LogP contribution in [0.2, 0.25) is 0 Å². The van der Waals surface area contributed by atoms with Crippen LogP contribution >= 0.6 is 0 Å². The normalized spacial score (nSPS) is 10.3. The van der Waals surface area contributed by atoms with Gasteiger partial charge < -0.3 is 10.8 Å². The van der Waals surface area contributed by atoms with Gasteiger partial charge in [0.25, 0.3) is 0 Å². The molecule has 3 heteroatoms. The molecule has 0 spiro atoms. The van der Waals surface area contributed by atoms with Crippen molar-refractivity contribution in [2.45, 2.75) is 19.3 Å².